The molecule has 0 bridgehead atoms. The van der Waals surface area contributed by atoms with Crippen LogP contribution in [0.15, 0.2) is 59.6 Å². The fraction of sp³-hybridized carbons (Fsp3) is 0.417. The van der Waals surface area contributed by atoms with Crippen LogP contribution in [-0.4, -0.2) is 50.1 Å². The number of aliphatic imine (C=N–C) groups is 1. The van der Waals surface area contributed by atoms with Crippen LogP contribution in [0.4, 0.5) is 0 Å². The largest absolute Gasteiger partial charge is 0.484 e. The Kier molecular flexibility index (Phi) is 9.71. The van der Waals surface area contributed by atoms with Crippen LogP contribution < -0.4 is 15.4 Å². The van der Waals surface area contributed by atoms with Crippen molar-refractivity contribution in [3.05, 3.63) is 65.7 Å². The van der Waals surface area contributed by atoms with Gasteiger partial charge >= 0.3 is 0 Å². The highest BCUT2D eigenvalue weighted by molar-refractivity contribution is 5.80. The number of likely N-dealkylation sites (N-methyl/N-ethyl adjacent to an activating group) is 1. The van der Waals surface area contributed by atoms with Crippen LogP contribution in [0.25, 0.3) is 0 Å². The minimum Gasteiger partial charge on any atom is -0.484 e. The molecule has 1 amide bonds. The van der Waals surface area contributed by atoms with Crippen molar-refractivity contribution >= 4 is 11.9 Å². The van der Waals surface area contributed by atoms with E-state index in [1.54, 1.807) is 14.1 Å². The van der Waals surface area contributed by atoms with E-state index in [2.05, 4.69) is 48.7 Å². The van der Waals surface area contributed by atoms with Crippen LogP contribution in [0.2, 0.25) is 0 Å². The minimum atomic E-state index is -0.0680. The molecule has 2 N–H and O–H groups in total. The summed E-state index contributed by atoms with van der Waals surface area (Å²) in [5, 5.41) is 6.79. The number of nitrogens with zero attached hydrogens (tertiary/aromatic N) is 2. The number of carbonyl (C=O) groups is 1. The number of benzene rings is 2. The van der Waals surface area contributed by atoms with E-state index in [1.165, 1.54) is 10.5 Å². The van der Waals surface area contributed by atoms with Crippen LogP contribution in [-0.2, 0) is 17.8 Å². The first kappa shape index (κ1) is 23.3. The van der Waals surface area contributed by atoms with E-state index in [0.717, 1.165) is 30.9 Å². The van der Waals surface area contributed by atoms with Crippen LogP contribution in [0, 0.1) is 0 Å². The average Bonchev–Trinajstić information content (AvgIpc) is 2.75. The molecule has 2 rings (SSSR count). The van der Waals surface area contributed by atoms with Crippen molar-refractivity contribution in [1.82, 2.24) is 15.5 Å². The molecule has 2 aromatic rings. The van der Waals surface area contributed by atoms with Crippen molar-refractivity contribution in [2.45, 2.75) is 39.3 Å². The van der Waals surface area contributed by atoms with Crippen molar-refractivity contribution in [2.75, 3.05) is 27.2 Å². The number of carbonyl (C=O) groups excluding carboxylic acids is 1. The summed E-state index contributed by atoms with van der Waals surface area (Å²) in [6.45, 7) is 5.59. The monoisotopic (exact) mass is 410 g/mol. The maximum absolute atomic E-state index is 11.7. The second-order valence-electron chi connectivity index (χ2n) is 7.49. The Balaban J connectivity index is 1.90. The van der Waals surface area contributed by atoms with Crippen LogP contribution in [0.1, 0.15) is 31.4 Å². The number of ether oxygens (including phenoxy) is 1. The quantitative estimate of drug-likeness (QED) is 0.466. The Bertz CT molecular complexity index is 806. The minimum absolute atomic E-state index is 0.0306. The zero-order chi connectivity index (χ0) is 21.8. The SMILES string of the molecule is CCNC(=NCc1cccc(OCC(=O)N(C)C)c1)NC(C)CCc1ccccc1. The number of hydrogen-bond donors (Lipinski definition) is 2. The van der Waals surface area contributed by atoms with Crippen LogP contribution in [0.3, 0.4) is 0 Å². The molecule has 0 aromatic heterocycles. The molecule has 0 saturated heterocycles. The van der Waals surface area contributed by atoms with E-state index >= 15 is 0 Å². The number of hydrogen-bond acceptors (Lipinski definition) is 3. The Hall–Kier alpha value is -3.02. The molecule has 0 radical (unpaired) electrons. The topological polar surface area (TPSA) is 66.0 Å². The summed E-state index contributed by atoms with van der Waals surface area (Å²) in [4.78, 5) is 17.9. The second kappa shape index (κ2) is 12.5. The molecule has 6 heteroatoms. The van der Waals surface area contributed by atoms with Gasteiger partial charge in [-0.1, -0.05) is 42.5 Å². The van der Waals surface area contributed by atoms with Gasteiger partial charge in [0.15, 0.2) is 12.6 Å². The van der Waals surface area contributed by atoms with Gasteiger partial charge in [-0.15, -0.1) is 0 Å². The number of guanidine groups is 1. The summed E-state index contributed by atoms with van der Waals surface area (Å²) < 4.78 is 5.59. The summed E-state index contributed by atoms with van der Waals surface area (Å²) in [5.41, 5.74) is 2.37. The highest BCUT2D eigenvalue weighted by Gasteiger charge is 2.07. The van der Waals surface area contributed by atoms with Gasteiger partial charge in [-0.25, -0.2) is 4.99 Å². The van der Waals surface area contributed by atoms with Crippen LogP contribution >= 0.6 is 0 Å². The fourth-order valence-corrected chi connectivity index (χ4v) is 2.83. The van der Waals surface area contributed by atoms with Gasteiger partial charge in [0.25, 0.3) is 5.91 Å². The van der Waals surface area contributed by atoms with Gasteiger partial charge < -0.3 is 20.3 Å². The van der Waals surface area contributed by atoms with Gasteiger partial charge in [0, 0.05) is 26.7 Å². The Morgan fingerprint density at radius 3 is 2.53 bits per heavy atom. The van der Waals surface area contributed by atoms with Gasteiger partial charge in [-0.2, -0.15) is 0 Å². The maximum atomic E-state index is 11.7. The van der Waals surface area contributed by atoms with Crippen molar-refractivity contribution in [3.8, 4) is 5.75 Å². The molecule has 2 aromatic carbocycles. The Morgan fingerprint density at radius 1 is 1.10 bits per heavy atom. The van der Waals surface area contributed by atoms with E-state index in [0.29, 0.717) is 18.3 Å². The standard InChI is InChI=1S/C24H34N4O2/c1-5-25-24(27-19(2)14-15-20-10-7-6-8-11-20)26-17-21-12-9-13-22(16-21)30-18-23(29)28(3)4/h6-13,16,19H,5,14-15,17-18H2,1-4H3,(H2,25,26,27). The van der Waals surface area contributed by atoms with Gasteiger partial charge in [-0.3, -0.25) is 4.79 Å². The molecular weight excluding hydrogens is 376 g/mol. The fourth-order valence-electron chi connectivity index (χ4n) is 2.83. The molecule has 0 saturated carbocycles. The highest BCUT2D eigenvalue weighted by Crippen LogP contribution is 2.14. The predicted molar refractivity (Wildman–Crippen MR) is 123 cm³/mol. The molecule has 0 aliphatic carbocycles. The predicted octanol–water partition coefficient (Wildman–Crippen LogP) is 3.23. The first-order valence-electron chi connectivity index (χ1n) is 10.5. The van der Waals surface area contributed by atoms with Crippen LogP contribution in [0.5, 0.6) is 5.75 Å². The average molecular weight is 411 g/mol. The molecular formula is C24H34N4O2. The van der Waals surface area contributed by atoms with Crippen molar-refractivity contribution in [2.24, 2.45) is 4.99 Å². The maximum Gasteiger partial charge on any atom is 0.259 e. The highest BCUT2D eigenvalue weighted by atomic mass is 16.5. The Morgan fingerprint density at radius 2 is 1.83 bits per heavy atom. The molecule has 30 heavy (non-hydrogen) atoms. The van der Waals surface area contributed by atoms with Crippen molar-refractivity contribution in [3.63, 3.8) is 0 Å². The number of aryl methyl sites for hydroxylation is 1. The summed E-state index contributed by atoms with van der Waals surface area (Å²) >= 11 is 0. The summed E-state index contributed by atoms with van der Waals surface area (Å²) in [6, 6.07) is 18.5. The third kappa shape index (κ3) is 8.55. The van der Waals surface area contributed by atoms with E-state index in [9.17, 15) is 4.79 Å². The van der Waals surface area contributed by atoms with Gasteiger partial charge in [0.05, 0.1) is 6.54 Å². The van der Waals surface area contributed by atoms with Crippen molar-refractivity contribution < 1.29 is 9.53 Å². The second-order valence-corrected chi connectivity index (χ2v) is 7.49. The summed E-state index contributed by atoms with van der Waals surface area (Å²) in [5.74, 6) is 1.40. The third-order valence-corrected chi connectivity index (χ3v) is 4.62. The molecule has 162 valence electrons. The van der Waals surface area contributed by atoms with Crippen molar-refractivity contribution in [1.29, 1.82) is 0 Å². The third-order valence-electron chi connectivity index (χ3n) is 4.62. The number of nitrogens with one attached hydrogen (secondary N) is 2. The first-order chi connectivity index (χ1) is 14.5. The van der Waals surface area contributed by atoms with E-state index in [-0.39, 0.29) is 12.5 Å². The molecule has 0 fully saturated rings. The molecule has 1 atom stereocenters. The van der Waals surface area contributed by atoms with E-state index in [4.69, 9.17) is 9.73 Å². The molecule has 0 aliphatic heterocycles. The molecule has 0 heterocycles. The van der Waals surface area contributed by atoms with E-state index in [1.807, 2.05) is 30.3 Å². The lowest BCUT2D eigenvalue weighted by molar-refractivity contribution is -0.130. The number of rotatable bonds is 10. The molecule has 1 unspecified atom stereocenters. The Labute approximate surface area is 180 Å². The molecule has 0 spiro atoms. The normalized spacial score (nSPS) is 12.2. The molecule has 0 aliphatic rings. The van der Waals surface area contributed by atoms with E-state index < -0.39 is 0 Å². The lowest BCUT2D eigenvalue weighted by Crippen LogP contribution is -2.42. The van der Waals surface area contributed by atoms with Gasteiger partial charge in [-0.05, 0) is 49.9 Å². The molecule has 6 nitrogen and oxygen atoms in total. The first-order valence-corrected chi connectivity index (χ1v) is 10.5. The zero-order valence-corrected chi connectivity index (χ0v) is 18.5. The summed E-state index contributed by atoms with van der Waals surface area (Å²) in [6.07, 6.45) is 2.05. The van der Waals surface area contributed by atoms with Gasteiger partial charge in [0.2, 0.25) is 0 Å². The lowest BCUT2D eigenvalue weighted by atomic mass is 10.1. The van der Waals surface area contributed by atoms with Gasteiger partial charge in [0.1, 0.15) is 5.75 Å². The summed E-state index contributed by atoms with van der Waals surface area (Å²) in [7, 11) is 3.43. The smallest absolute Gasteiger partial charge is 0.259 e. The number of amides is 1. The zero-order valence-electron chi connectivity index (χ0n) is 18.5. The lowest BCUT2D eigenvalue weighted by Gasteiger charge is -2.18.